The molecule has 2 aromatic rings. The van der Waals surface area contributed by atoms with Crippen LogP contribution < -0.4 is 10.6 Å². The first-order chi connectivity index (χ1) is 17.5. The maximum Gasteiger partial charge on any atom is 0.149 e. The number of nitriles is 1. The molecule has 0 amide bonds. The number of ether oxygens (including phenoxy) is 2. The fourth-order valence-corrected chi connectivity index (χ4v) is 5.39. The minimum atomic E-state index is -0.445. The van der Waals surface area contributed by atoms with Gasteiger partial charge in [-0.2, -0.15) is 5.26 Å². The zero-order valence-electron chi connectivity index (χ0n) is 21.4. The molecule has 2 fully saturated rings. The smallest absolute Gasteiger partial charge is 0.149 e. The van der Waals surface area contributed by atoms with Crippen LogP contribution >= 0.6 is 0 Å². The molecule has 7 nitrogen and oxygen atoms in total. The van der Waals surface area contributed by atoms with Crippen molar-refractivity contribution in [3.8, 4) is 17.2 Å². The molecule has 194 valence electrons. The van der Waals surface area contributed by atoms with E-state index in [4.69, 9.17) is 9.47 Å². The third-order valence-corrected chi connectivity index (χ3v) is 7.56. The highest BCUT2D eigenvalue weighted by molar-refractivity contribution is 5.67. The molecule has 0 bridgehead atoms. The lowest BCUT2D eigenvalue weighted by Gasteiger charge is -2.31. The van der Waals surface area contributed by atoms with Crippen LogP contribution in [0.15, 0.2) is 30.7 Å². The number of anilines is 1. The molecular weight excluding hydrogens is 457 g/mol. The Morgan fingerprint density at radius 1 is 1.19 bits per heavy atom. The van der Waals surface area contributed by atoms with Gasteiger partial charge in [0.2, 0.25) is 0 Å². The fraction of sp³-hybridized carbons (Fsp3) is 0.607. The van der Waals surface area contributed by atoms with Gasteiger partial charge in [-0.3, -0.25) is 9.97 Å². The number of rotatable bonds is 10. The number of aromatic nitrogens is 2. The minimum Gasteiger partial charge on any atom is -0.383 e. The predicted octanol–water partition coefficient (Wildman–Crippen LogP) is 4.74. The van der Waals surface area contributed by atoms with E-state index in [1.165, 1.54) is 6.20 Å². The summed E-state index contributed by atoms with van der Waals surface area (Å²) in [5.74, 6) is 0.204. The number of halogens is 1. The van der Waals surface area contributed by atoms with Crippen LogP contribution in [-0.4, -0.2) is 55.5 Å². The van der Waals surface area contributed by atoms with Crippen molar-refractivity contribution in [3.05, 3.63) is 42.2 Å². The van der Waals surface area contributed by atoms with Gasteiger partial charge in [-0.1, -0.05) is 0 Å². The minimum absolute atomic E-state index is 0.351. The Kier molecular flexibility index (Phi) is 9.24. The van der Waals surface area contributed by atoms with E-state index in [0.29, 0.717) is 61.7 Å². The first-order valence-electron chi connectivity index (χ1n) is 13.1. The average molecular weight is 496 g/mol. The molecule has 2 aromatic heterocycles. The van der Waals surface area contributed by atoms with Gasteiger partial charge in [-0.05, 0) is 69.9 Å². The van der Waals surface area contributed by atoms with Crippen LogP contribution in [0.1, 0.15) is 51.1 Å². The summed E-state index contributed by atoms with van der Waals surface area (Å²) >= 11 is 0. The van der Waals surface area contributed by atoms with Crippen molar-refractivity contribution in [2.45, 2.75) is 64.0 Å². The molecule has 1 aliphatic heterocycles. The number of nitrogens with zero attached hydrogens (tertiary/aromatic N) is 3. The second kappa shape index (κ2) is 12.6. The lowest BCUT2D eigenvalue weighted by atomic mass is 9.81. The largest absolute Gasteiger partial charge is 0.383 e. The Morgan fingerprint density at radius 2 is 1.97 bits per heavy atom. The van der Waals surface area contributed by atoms with Gasteiger partial charge in [-0.15, -0.1) is 0 Å². The molecule has 0 aromatic carbocycles. The second-order valence-electron chi connectivity index (χ2n) is 10.4. The van der Waals surface area contributed by atoms with Crippen LogP contribution in [-0.2, 0) is 15.9 Å². The molecule has 2 aliphatic rings. The molecule has 3 heterocycles. The average Bonchev–Trinajstić information content (AvgIpc) is 2.90. The Hall–Kier alpha value is -2.60. The molecule has 0 spiro atoms. The van der Waals surface area contributed by atoms with E-state index >= 15 is 0 Å². The van der Waals surface area contributed by atoms with Crippen molar-refractivity contribution >= 4 is 5.69 Å². The van der Waals surface area contributed by atoms with E-state index in [2.05, 4.69) is 33.6 Å². The van der Waals surface area contributed by atoms with Crippen LogP contribution in [0.3, 0.4) is 0 Å². The predicted molar refractivity (Wildman–Crippen MR) is 138 cm³/mol. The quantitative estimate of drug-likeness (QED) is 0.492. The van der Waals surface area contributed by atoms with E-state index in [0.717, 1.165) is 50.1 Å². The number of pyridine rings is 2. The molecule has 1 aliphatic carbocycles. The van der Waals surface area contributed by atoms with Gasteiger partial charge in [0.05, 0.1) is 30.0 Å². The van der Waals surface area contributed by atoms with Crippen molar-refractivity contribution in [1.82, 2.24) is 15.3 Å². The molecule has 36 heavy (non-hydrogen) atoms. The molecule has 8 heteroatoms. The molecule has 1 saturated heterocycles. The van der Waals surface area contributed by atoms with E-state index in [1.54, 1.807) is 19.5 Å². The van der Waals surface area contributed by atoms with Crippen molar-refractivity contribution in [1.29, 1.82) is 5.26 Å². The summed E-state index contributed by atoms with van der Waals surface area (Å²) in [5.41, 5.74) is 2.47. The summed E-state index contributed by atoms with van der Waals surface area (Å²) in [6.45, 7) is 4.60. The third kappa shape index (κ3) is 7.00. The molecular formula is C28H38FN5O2. The molecule has 4 rings (SSSR count). The van der Waals surface area contributed by atoms with Gasteiger partial charge in [0, 0.05) is 68.2 Å². The van der Waals surface area contributed by atoms with Crippen molar-refractivity contribution in [2.75, 3.05) is 38.8 Å². The lowest BCUT2D eigenvalue weighted by molar-refractivity contribution is 0.0456. The lowest BCUT2D eigenvalue weighted by Crippen LogP contribution is -2.41. The Labute approximate surface area is 213 Å². The number of methoxy groups -OCH3 is 1. The van der Waals surface area contributed by atoms with Crippen LogP contribution in [0.4, 0.5) is 10.1 Å². The zero-order valence-corrected chi connectivity index (χ0v) is 21.4. The van der Waals surface area contributed by atoms with E-state index in [1.807, 2.05) is 12.1 Å². The third-order valence-electron chi connectivity index (χ3n) is 7.56. The molecule has 1 atom stereocenters. The van der Waals surface area contributed by atoms with E-state index in [9.17, 15) is 9.65 Å². The summed E-state index contributed by atoms with van der Waals surface area (Å²) in [6, 6.07) is 7.13. The van der Waals surface area contributed by atoms with Crippen molar-refractivity contribution < 1.29 is 13.9 Å². The Balaban J connectivity index is 1.37. The van der Waals surface area contributed by atoms with Crippen LogP contribution in [0.25, 0.3) is 11.1 Å². The van der Waals surface area contributed by atoms with Crippen LogP contribution in [0.2, 0.25) is 0 Å². The molecule has 0 radical (unpaired) electrons. The van der Waals surface area contributed by atoms with Crippen molar-refractivity contribution in [2.24, 2.45) is 11.3 Å². The van der Waals surface area contributed by atoms with E-state index < -0.39 is 5.41 Å². The highest BCUT2D eigenvalue weighted by Gasteiger charge is 2.32. The summed E-state index contributed by atoms with van der Waals surface area (Å²) in [6.07, 6.45) is 11.5. The standard InChI is InChI=1S/C28H38FN5O2/c1-20(17-35-2)34-23-5-3-21(4-6-23)11-24-13-26(27(29)16-32-24)22-12-25(15-31-14-22)33-19-28(18-30)7-9-36-10-8-28/h12-16,20-21,23,33-34H,3-11,17,19H2,1-2H3/t20-,21?,23?/m0/s1. The topological polar surface area (TPSA) is 92.1 Å². The van der Waals surface area contributed by atoms with E-state index in [-0.39, 0.29) is 5.82 Å². The maximum atomic E-state index is 14.8. The second-order valence-corrected chi connectivity index (χ2v) is 10.4. The molecule has 2 N–H and O–H groups in total. The van der Waals surface area contributed by atoms with Gasteiger partial charge in [0.1, 0.15) is 5.82 Å². The highest BCUT2D eigenvalue weighted by Crippen LogP contribution is 2.32. The van der Waals surface area contributed by atoms with Crippen molar-refractivity contribution in [3.63, 3.8) is 0 Å². The zero-order chi connectivity index (χ0) is 25.4. The van der Waals surface area contributed by atoms with Gasteiger partial charge in [0.15, 0.2) is 0 Å². The van der Waals surface area contributed by atoms with Gasteiger partial charge < -0.3 is 20.1 Å². The SMILES string of the molecule is COC[C@H](C)NC1CCC(Cc2cc(-c3cncc(NCC4(C#N)CCOCC4)c3)c(F)cn2)CC1. The van der Waals surface area contributed by atoms with Gasteiger partial charge in [0.25, 0.3) is 0 Å². The normalized spacial score (nSPS) is 22.5. The Bertz CT molecular complexity index is 1030. The fourth-order valence-electron chi connectivity index (χ4n) is 5.39. The first-order valence-corrected chi connectivity index (χ1v) is 13.1. The van der Waals surface area contributed by atoms with Crippen LogP contribution in [0.5, 0.6) is 0 Å². The number of hydrogen-bond donors (Lipinski definition) is 2. The van der Waals surface area contributed by atoms with Gasteiger partial charge >= 0.3 is 0 Å². The maximum absolute atomic E-state index is 14.8. The molecule has 1 saturated carbocycles. The Morgan fingerprint density at radius 3 is 2.69 bits per heavy atom. The monoisotopic (exact) mass is 495 g/mol. The highest BCUT2D eigenvalue weighted by atomic mass is 19.1. The summed E-state index contributed by atoms with van der Waals surface area (Å²) in [5, 5.41) is 16.7. The summed E-state index contributed by atoms with van der Waals surface area (Å²) in [4.78, 5) is 8.73. The molecule has 0 unspecified atom stereocenters. The number of nitrogens with one attached hydrogen (secondary N) is 2. The number of hydrogen-bond acceptors (Lipinski definition) is 7. The first kappa shape index (κ1) is 26.5. The van der Waals surface area contributed by atoms with Gasteiger partial charge in [-0.25, -0.2) is 4.39 Å². The summed E-state index contributed by atoms with van der Waals surface area (Å²) in [7, 11) is 1.74. The van der Waals surface area contributed by atoms with Crippen LogP contribution in [0, 0.1) is 28.5 Å². The summed E-state index contributed by atoms with van der Waals surface area (Å²) < 4.78 is 25.5.